The van der Waals surface area contributed by atoms with E-state index >= 15 is 0 Å². The van der Waals surface area contributed by atoms with Gasteiger partial charge in [0.1, 0.15) is 19.3 Å². The lowest BCUT2D eigenvalue weighted by Crippen LogP contribution is -2.20. The van der Waals surface area contributed by atoms with Crippen molar-refractivity contribution in [2.24, 2.45) is 0 Å². The van der Waals surface area contributed by atoms with Crippen LogP contribution >= 0.6 is 35.1 Å². The van der Waals surface area contributed by atoms with E-state index in [2.05, 4.69) is 34.6 Å². The molecule has 0 aliphatic rings. The highest BCUT2D eigenvalue weighted by molar-refractivity contribution is 7.99. The van der Waals surface area contributed by atoms with E-state index < -0.39 is 5.41 Å². The molecule has 1 aromatic heterocycles. The maximum Gasteiger partial charge on any atom is 0.233 e. The second kappa shape index (κ2) is 13.1. The van der Waals surface area contributed by atoms with E-state index in [1.54, 1.807) is 12.3 Å². The fourth-order valence-corrected chi connectivity index (χ4v) is 4.25. The van der Waals surface area contributed by atoms with Crippen molar-refractivity contribution in [1.29, 1.82) is 5.26 Å². The van der Waals surface area contributed by atoms with Crippen LogP contribution in [0.25, 0.3) is 0 Å². The number of ether oxygens (including phenoxy) is 3. The maximum absolute atomic E-state index is 9.71. The number of nitrogens with zero attached hydrogens (tertiary/aromatic N) is 3. The van der Waals surface area contributed by atoms with Gasteiger partial charge in [-0.2, -0.15) is 5.26 Å². The van der Waals surface area contributed by atoms with Crippen LogP contribution in [0.4, 0.5) is 5.95 Å². The van der Waals surface area contributed by atoms with Crippen LogP contribution in [0.15, 0.2) is 42.6 Å². The molecule has 0 fully saturated rings. The lowest BCUT2D eigenvalue weighted by atomic mass is 9.77. The van der Waals surface area contributed by atoms with Crippen LogP contribution in [0.5, 0.6) is 17.2 Å². The van der Waals surface area contributed by atoms with E-state index in [-0.39, 0.29) is 19.3 Å². The Labute approximate surface area is 232 Å². The minimum atomic E-state index is -0.501. The van der Waals surface area contributed by atoms with Crippen molar-refractivity contribution >= 4 is 41.1 Å². The Morgan fingerprint density at radius 2 is 1.89 bits per heavy atom. The minimum Gasteiger partial charge on any atom is -0.489 e. The Hall–Kier alpha value is -2.86. The zero-order valence-corrected chi connectivity index (χ0v) is 23.8. The highest BCUT2D eigenvalue weighted by atomic mass is 35.5. The van der Waals surface area contributed by atoms with Gasteiger partial charge < -0.3 is 14.2 Å². The molecule has 7 nitrogen and oxygen atoms in total. The van der Waals surface area contributed by atoms with Crippen LogP contribution in [-0.4, -0.2) is 34.8 Å². The third-order valence-electron chi connectivity index (χ3n) is 5.52. The first kappa shape index (κ1) is 28.7. The molecule has 0 aliphatic heterocycles. The second-order valence-electron chi connectivity index (χ2n) is 8.90. The quantitative estimate of drug-likeness (QED) is 0.187. The van der Waals surface area contributed by atoms with Crippen LogP contribution in [-0.2, 0) is 12.0 Å². The summed E-state index contributed by atoms with van der Waals surface area (Å²) >= 11 is 13.7. The van der Waals surface area contributed by atoms with Gasteiger partial charge in [0.05, 0.1) is 28.3 Å². The van der Waals surface area contributed by atoms with Gasteiger partial charge in [0.25, 0.3) is 0 Å². The largest absolute Gasteiger partial charge is 0.489 e. The van der Waals surface area contributed by atoms with Gasteiger partial charge in [0.15, 0.2) is 17.2 Å². The Kier molecular flexibility index (Phi) is 10.2. The third-order valence-corrected chi connectivity index (χ3v) is 6.34. The number of benzene rings is 2. The maximum atomic E-state index is 9.71. The van der Waals surface area contributed by atoms with Gasteiger partial charge in [-0.25, -0.2) is 9.97 Å². The van der Waals surface area contributed by atoms with Gasteiger partial charge in [0.2, 0.25) is 5.95 Å². The summed E-state index contributed by atoms with van der Waals surface area (Å²) in [6.07, 6.45) is 3.54. The summed E-state index contributed by atoms with van der Waals surface area (Å²) in [6.45, 7) is 8.58. The van der Waals surface area contributed by atoms with Crippen LogP contribution in [0, 0.1) is 11.3 Å². The first-order chi connectivity index (χ1) is 17.7. The fraction of sp³-hybridized carbons (Fsp3) is 0.370. The van der Waals surface area contributed by atoms with E-state index in [0.29, 0.717) is 39.7 Å². The predicted molar refractivity (Wildman–Crippen MR) is 150 cm³/mol. The lowest BCUT2D eigenvalue weighted by Gasteiger charge is -2.28. The van der Waals surface area contributed by atoms with Gasteiger partial charge in [-0.05, 0) is 55.3 Å². The molecule has 3 rings (SSSR count). The molecule has 0 aliphatic carbocycles. The van der Waals surface area contributed by atoms with Crippen molar-refractivity contribution in [3.63, 3.8) is 0 Å². The van der Waals surface area contributed by atoms with Crippen LogP contribution in [0.1, 0.15) is 50.1 Å². The highest BCUT2D eigenvalue weighted by Gasteiger charge is 2.27. The van der Waals surface area contributed by atoms with E-state index in [1.807, 2.05) is 50.4 Å². The molecule has 1 N–H and O–H groups in total. The standard InChI is InChI=1S/C27H30Cl2N4O3S/c1-17(2)36-24-14-19(6-7-23(24)35-16-21-8-10-31-26(32-21)33-37-5)27(3,4)20-12-18(15-30)25(22(29)13-20)34-11-9-28/h6-8,10,12-14,17H,9,11,16H2,1-5H3,(H,31,32,33). The number of rotatable bonds is 12. The molecule has 0 saturated carbocycles. The first-order valence-electron chi connectivity index (χ1n) is 11.7. The summed E-state index contributed by atoms with van der Waals surface area (Å²) in [5.74, 6) is 2.39. The summed E-state index contributed by atoms with van der Waals surface area (Å²) in [5, 5.41) is 10.1. The van der Waals surface area contributed by atoms with E-state index in [0.717, 1.165) is 16.8 Å². The van der Waals surface area contributed by atoms with Gasteiger partial charge >= 0.3 is 0 Å². The summed E-state index contributed by atoms with van der Waals surface area (Å²) in [4.78, 5) is 8.63. The number of hydrogen-bond donors (Lipinski definition) is 1. The minimum absolute atomic E-state index is 0.0601. The van der Waals surface area contributed by atoms with Crippen molar-refractivity contribution in [3.05, 3.63) is 70.0 Å². The molecule has 10 heteroatoms. The van der Waals surface area contributed by atoms with Crippen molar-refractivity contribution in [3.8, 4) is 23.3 Å². The number of nitriles is 1. The molecule has 0 amide bonds. The van der Waals surface area contributed by atoms with Gasteiger partial charge in [-0.3, -0.25) is 4.72 Å². The number of aromatic nitrogens is 2. The normalized spacial score (nSPS) is 11.2. The average Bonchev–Trinajstić information content (AvgIpc) is 2.86. The molecule has 196 valence electrons. The molecular weight excluding hydrogens is 531 g/mol. The number of alkyl halides is 1. The number of nitrogens with one attached hydrogen (secondary N) is 1. The molecule has 2 aromatic carbocycles. The second-order valence-corrected chi connectivity index (χ2v) is 10.3. The molecule has 1 heterocycles. The summed E-state index contributed by atoms with van der Waals surface area (Å²) in [7, 11) is 0. The van der Waals surface area contributed by atoms with Gasteiger partial charge in [0, 0.05) is 17.9 Å². The monoisotopic (exact) mass is 560 g/mol. The van der Waals surface area contributed by atoms with Crippen LogP contribution in [0.3, 0.4) is 0 Å². The lowest BCUT2D eigenvalue weighted by molar-refractivity contribution is 0.217. The third kappa shape index (κ3) is 7.35. The molecule has 0 atom stereocenters. The zero-order chi connectivity index (χ0) is 27.0. The van der Waals surface area contributed by atoms with Crippen molar-refractivity contribution in [2.45, 2.75) is 45.8 Å². The van der Waals surface area contributed by atoms with E-state index in [9.17, 15) is 5.26 Å². The van der Waals surface area contributed by atoms with Gasteiger partial charge in [-0.1, -0.05) is 43.5 Å². The Morgan fingerprint density at radius 1 is 1.11 bits per heavy atom. The summed E-state index contributed by atoms with van der Waals surface area (Å²) < 4.78 is 20.8. The van der Waals surface area contributed by atoms with Crippen molar-refractivity contribution in [1.82, 2.24) is 9.97 Å². The Bertz CT molecular complexity index is 1260. The molecule has 0 bridgehead atoms. The first-order valence-corrected chi connectivity index (χ1v) is 13.8. The molecule has 0 spiro atoms. The molecule has 3 aromatic rings. The number of halogens is 2. The van der Waals surface area contributed by atoms with Gasteiger partial charge in [-0.15, -0.1) is 11.6 Å². The summed E-state index contributed by atoms with van der Waals surface area (Å²) in [6, 6.07) is 13.5. The predicted octanol–water partition coefficient (Wildman–Crippen LogP) is 7.00. The number of hydrogen-bond acceptors (Lipinski definition) is 8. The Morgan fingerprint density at radius 3 is 2.57 bits per heavy atom. The fourth-order valence-electron chi connectivity index (χ4n) is 3.62. The molecule has 0 saturated heterocycles. The van der Waals surface area contributed by atoms with E-state index in [1.165, 1.54) is 11.9 Å². The van der Waals surface area contributed by atoms with Crippen LogP contribution in [0.2, 0.25) is 5.02 Å². The summed E-state index contributed by atoms with van der Waals surface area (Å²) in [5.41, 5.74) is 2.43. The Balaban J connectivity index is 1.92. The van der Waals surface area contributed by atoms with Crippen LogP contribution < -0.4 is 18.9 Å². The number of anilines is 1. The van der Waals surface area contributed by atoms with E-state index in [4.69, 9.17) is 37.4 Å². The SMILES string of the molecule is CSNc1nccc(COc2ccc(C(C)(C)c3cc(Cl)c(OCCCl)c(C#N)c3)cc2OC(C)C)n1. The molecule has 37 heavy (non-hydrogen) atoms. The van der Waals surface area contributed by atoms with Crippen molar-refractivity contribution < 1.29 is 14.2 Å². The molecule has 0 radical (unpaired) electrons. The molecule has 0 unspecified atom stereocenters. The smallest absolute Gasteiger partial charge is 0.233 e. The average molecular weight is 562 g/mol. The molecular formula is C27H30Cl2N4O3S. The van der Waals surface area contributed by atoms with Crippen molar-refractivity contribution in [2.75, 3.05) is 23.5 Å². The topological polar surface area (TPSA) is 89.3 Å². The zero-order valence-electron chi connectivity index (χ0n) is 21.5. The highest BCUT2D eigenvalue weighted by Crippen LogP contribution is 2.41.